The first-order chi connectivity index (χ1) is 13.4. The van der Waals surface area contributed by atoms with E-state index >= 15 is 0 Å². The Morgan fingerprint density at radius 2 is 2.04 bits per heavy atom. The van der Waals surface area contributed by atoms with Gasteiger partial charge in [-0.1, -0.05) is 6.07 Å². The summed E-state index contributed by atoms with van der Waals surface area (Å²) in [6.07, 6.45) is -0.382. The van der Waals surface area contributed by atoms with Crippen LogP contribution in [0.2, 0.25) is 0 Å². The molecule has 1 amide bonds. The lowest BCUT2D eigenvalue weighted by Crippen LogP contribution is -2.38. The maximum absolute atomic E-state index is 12.6. The summed E-state index contributed by atoms with van der Waals surface area (Å²) < 4.78 is 53.2. The Hall–Kier alpha value is -3.04. The molecule has 1 saturated heterocycles. The van der Waals surface area contributed by atoms with E-state index in [4.69, 9.17) is 13.9 Å². The van der Waals surface area contributed by atoms with Crippen molar-refractivity contribution in [2.24, 2.45) is 0 Å². The van der Waals surface area contributed by atoms with Gasteiger partial charge < -0.3 is 18.8 Å². The molecule has 7 nitrogen and oxygen atoms in total. The minimum Gasteiger partial charge on any atom is -0.454 e. The average Bonchev–Trinajstić information content (AvgIpc) is 3.35. The van der Waals surface area contributed by atoms with E-state index < -0.39 is 18.0 Å². The normalized spacial score (nSPS) is 19.4. The zero-order valence-corrected chi connectivity index (χ0v) is 14.6. The van der Waals surface area contributed by atoms with Crippen LogP contribution in [0.25, 0.3) is 6.08 Å². The van der Waals surface area contributed by atoms with Gasteiger partial charge in [-0.3, -0.25) is 4.79 Å². The molecule has 1 unspecified atom stereocenters. The van der Waals surface area contributed by atoms with Crippen LogP contribution in [-0.4, -0.2) is 40.9 Å². The summed E-state index contributed by atoms with van der Waals surface area (Å²) in [6, 6.07) is 5.33. The largest absolute Gasteiger partial charge is 0.470 e. The van der Waals surface area contributed by atoms with Crippen LogP contribution in [0.1, 0.15) is 36.1 Å². The molecule has 0 spiro atoms. The fourth-order valence-electron chi connectivity index (χ4n) is 3.18. The fraction of sp³-hybridized carbons (Fsp3) is 0.389. The van der Waals surface area contributed by atoms with Crippen molar-refractivity contribution in [3.8, 4) is 11.5 Å². The van der Waals surface area contributed by atoms with E-state index in [0.717, 1.165) is 5.56 Å². The number of hydrogen-bond acceptors (Lipinski definition) is 6. The first kappa shape index (κ1) is 18.3. The van der Waals surface area contributed by atoms with E-state index in [2.05, 4.69) is 10.2 Å². The number of carbonyl (C=O) groups is 1. The number of nitrogens with zero attached hydrogens (tertiary/aromatic N) is 3. The third-order valence-electron chi connectivity index (χ3n) is 4.58. The number of benzene rings is 1. The van der Waals surface area contributed by atoms with Gasteiger partial charge in [0.25, 0.3) is 0 Å². The number of piperidine rings is 1. The first-order valence-electron chi connectivity index (χ1n) is 8.67. The van der Waals surface area contributed by atoms with Gasteiger partial charge in [0.05, 0.1) is 5.92 Å². The zero-order valence-electron chi connectivity index (χ0n) is 14.6. The van der Waals surface area contributed by atoms with Gasteiger partial charge in [-0.25, -0.2) is 0 Å². The van der Waals surface area contributed by atoms with Gasteiger partial charge in [-0.05, 0) is 36.6 Å². The smallest absolute Gasteiger partial charge is 0.454 e. The molecule has 0 saturated carbocycles. The number of rotatable bonds is 3. The maximum atomic E-state index is 12.6. The lowest BCUT2D eigenvalue weighted by Gasteiger charge is -2.30. The van der Waals surface area contributed by atoms with Crippen LogP contribution < -0.4 is 9.47 Å². The standard InChI is InChI=1S/C18H16F3N3O4/c19-18(20,21)17-23-22-16(28-17)12-2-1-7-24(9-12)15(25)6-4-11-3-5-13-14(8-11)27-10-26-13/h3-6,8,12H,1-2,7,9-10H2/b6-4+. The molecule has 2 aromatic rings. The van der Waals surface area contributed by atoms with Crippen molar-refractivity contribution in [2.75, 3.05) is 19.9 Å². The fourth-order valence-corrected chi connectivity index (χ4v) is 3.18. The van der Waals surface area contributed by atoms with Crippen molar-refractivity contribution in [3.05, 3.63) is 41.6 Å². The van der Waals surface area contributed by atoms with E-state index in [-0.39, 0.29) is 25.1 Å². The molecule has 0 radical (unpaired) electrons. The number of hydrogen-bond donors (Lipinski definition) is 0. The summed E-state index contributed by atoms with van der Waals surface area (Å²) in [7, 11) is 0. The molecule has 0 aliphatic carbocycles. The molecule has 2 aliphatic rings. The molecule has 0 N–H and O–H groups in total. The third-order valence-corrected chi connectivity index (χ3v) is 4.58. The molecular weight excluding hydrogens is 379 g/mol. The summed E-state index contributed by atoms with van der Waals surface area (Å²) in [4.78, 5) is 14.0. The number of ether oxygens (including phenoxy) is 2. The van der Waals surface area contributed by atoms with Crippen LogP contribution in [0.15, 0.2) is 28.7 Å². The Labute approximate surface area is 157 Å². The average molecular weight is 395 g/mol. The van der Waals surface area contributed by atoms with Gasteiger partial charge in [-0.2, -0.15) is 13.2 Å². The van der Waals surface area contributed by atoms with E-state index in [0.29, 0.717) is 30.9 Å². The minimum atomic E-state index is -4.68. The van der Waals surface area contributed by atoms with E-state index in [1.165, 1.54) is 6.08 Å². The minimum absolute atomic E-state index is 0.0930. The molecular formula is C18H16F3N3O4. The first-order valence-corrected chi connectivity index (χ1v) is 8.67. The molecule has 3 heterocycles. The van der Waals surface area contributed by atoms with Gasteiger partial charge in [0.2, 0.25) is 18.6 Å². The summed E-state index contributed by atoms with van der Waals surface area (Å²) in [5, 5.41) is 6.56. The van der Waals surface area contributed by atoms with Crippen molar-refractivity contribution >= 4 is 12.0 Å². The Morgan fingerprint density at radius 1 is 1.21 bits per heavy atom. The van der Waals surface area contributed by atoms with Crippen molar-refractivity contribution in [1.29, 1.82) is 0 Å². The lowest BCUT2D eigenvalue weighted by atomic mass is 9.98. The van der Waals surface area contributed by atoms with E-state index in [1.54, 1.807) is 29.2 Å². The van der Waals surface area contributed by atoms with Crippen LogP contribution in [0.4, 0.5) is 13.2 Å². The molecule has 28 heavy (non-hydrogen) atoms. The number of amides is 1. The Kier molecular flexibility index (Phi) is 4.70. The molecule has 4 rings (SSSR count). The van der Waals surface area contributed by atoms with Gasteiger partial charge in [0, 0.05) is 19.2 Å². The predicted molar refractivity (Wildman–Crippen MR) is 89.5 cm³/mol. The molecule has 10 heteroatoms. The van der Waals surface area contributed by atoms with E-state index in [9.17, 15) is 18.0 Å². The number of aromatic nitrogens is 2. The SMILES string of the molecule is O=C(/C=C/c1ccc2c(c1)OCO2)N1CCCC(c2nnc(C(F)(F)F)o2)C1. The number of likely N-dealkylation sites (tertiary alicyclic amines) is 1. The van der Waals surface area contributed by atoms with Gasteiger partial charge in [-0.15, -0.1) is 10.2 Å². The number of fused-ring (bicyclic) bond motifs is 1. The maximum Gasteiger partial charge on any atom is 0.470 e. The van der Waals surface area contributed by atoms with Crippen LogP contribution in [-0.2, 0) is 11.0 Å². The van der Waals surface area contributed by atoms with Crippen LogP contribution in [0, 0.1) is 0 Å². The summed E-state index contributed by atoms with van der Waals surface area (Å²) in [5.41, 5.74) is 0.776. The quantitative estimate of drug-likeness (QED) is 0.743. The van der Waals surface area contributed by atoms with Crippen molar-refractivity contribution < 1.29 is 31.9 Å². The monoisotopic (exact) mass is 395 g/mol. The highest BCUT2D eigenvalue weighted by atomic mass is 19.4. The second-order valence-corrected chi connectivity index (χ2v) is 6.51. The summed E-state index contributed by atoms with van der Waals surface area (Å²) in [5.74, 6) is -0.846. The van der Waals surface area contributed by atoms with Crippen LogP contribution >= 0.6 is 0 Å². The molecule has 0 bridgehead atoms. The summed E-state index contributed by atoms with van der Waals surface area (Å²) in [6.45, 7) is 0.910. The molecule has 148 valence electrons. The predicted octanol–water partition coefficient (Wildman–Crippen LogP) is 3.24. The number of carbonyl (C=O) groups excluding carboxylic acids is 1. The molecule has 1 aromatic carbocycles. The molecule has 2 aliphatic heterocycles. The Bertz CT molecular complexity index is 910. The second kappa shape index (κ2) is 7.17. The van der Waals surface area contributed by atoms with Crippen molar-refractivity contribution in [2.45, 2.75) is 24.9 Å². The number of alkyl halides is 3. The van der Waals surface area contributed by atoms with Crippen LogP contribution in [0.5, 0.6) is 11.5 Å². The highest BCUT2D eigenvalue weighted by Gasteiger charge is 2.39. The third kappa shape index (κ3) is 3.80. The summed E-state index contributed by atoms with van der Waals surface area (Å²) >= 11 is 0. The van der Waals surface area contributed by atoms with E-state index in [1.807, 2.05) is 0 Å². The van der Waals surface area contributed by atoms with Gasteiger partial charge in [0.15, 0.2) is 11.5 Å². The van der Waals surface area contributed by atoms with Gasteiger partial charge >= 0.3 is 12.1 Å². The lowest BCUT2D eigenvalue weighted by molar-refractivity contribution is -0.157. The van der Waals surface area contributed by atoms with Crippen LogP contribution in [0.3, 0.4) is 0 Å². The number of halogens is 3. The Morgan fingerprint density at radius 3 is 2.82 bits per heavy atom. The van der Waals surface area contributed by atoms with Gasteiger partial charge in [0.1, 0.15) is 0 Å². The molecule has 1 aromatic heterocycles. The van der Waals surface area contributed by atoms with Crippen molar-refractivity contribution in [1.82, 2.24) is 15.1 Å². The topological polar surface area (TPSA) is 77.7 Å². The highest BCUT2D eigenvalue weighted by molar-refractivity contribution is 5.92. The molecule has 1 atom stereocenters. The Balaban J connectivity index is 1.41. The second-order valence-electron chi connectivity index (χ2n) is 6.51. The highest BCUT2D eigenvalue weighted by Crippen LogP contribution is 2.33. The van der Waals surface area contributed by atoms with Crippen molar-refractivity contribution in [3.63, 3.8) is 0 Å². The molecule has 1 fully saturated rings. The zero-order chi connectivity index (χ0) is 19.7.